The SMILES string of the molecule is CCC1CC(SCCNC(C)=O)=NO1. The lowest BCUT2D eigenvalue weighted by Crippen LogP contribution is -2.22. The first kappa shape index (κ1) is 11.4. The molecule has 1 rings (SSSR count). The van der Waals surface area contributed by atoms with Gasteiger partial charge in [-0.2, -0.15) is 0 Å². The predicted molar refractivity (Wildman–Crippen MR) is 58.4 cm³/mol. The number of nitrogens with one attached hydrogen (secondary N) is 1. The molecule has 1 heterocycles. The molecule has 1 atom stereocenters. The first-order valence-electron chi connectivity index (χ1n) is 4.82. The van der Waals surface area contributed by atoms with Crippen molar-refractivity contribution in [3.63, 3.8) is 0 Å². The lowest BCUT2D eigenvalue weighted by Gasteiger charge is -2.02. The van der Waals surface area contributed by atoms with Crippen LogP contribution < -0.4 is 5.32 Å². The Balaban J connectivity index is 2.05. The van der Waals surface area contributed by atoms with E-state index in [-0.39, 0.29) is 12.0 Å². The Labute approximate surface area is 88.5 Å². The molecule has 0 aliphatic carbocycles. The largest absolute Gasteiger partial charge is 0.391 e. The van der Waals surface area contributed by atoms with Crippen molar-refractivity contribution >= 4 is 22.7 Å². The molecule has 0 saturated carbocycles. The van der Waals surface area contributed by atoms with Gasteiger partial charge in [0, 0.05) is 25.6 Å². The van der Waals surface area contributed by atoms with E-state index in [2.05, 4.69) is 17.4 Å². The Morgan fingerprint density at radius 2 is 2.57 bits per heavy atom. The molecule has 1 N–H and O–H groups in total. The predicted octanol–water partition coefficient (Wildman–Crippen LogP) is 1.37. The summed E-state index contributed by atoms with van der Waals surface area (Å²) in [6, 6.07) is 0. The average Bonchev–Trinajstić information content (AvgIpc) is 2.60. The molecular weight excluding hydrogens is 200 g/mol. The van der Waals surface area contributed by atoms with E-state index in [0.717, 1.165) is 23.6 Å². The molecule has 1 amide bonds. The monoisotopic (exact) mass is 216 g/mol. The molecule has 1 aliphatic rings. The van der Waals surface area contributed by atoms with E-state index in [1.807, 2.05) is 0 Å². The van der Waals surface area contributed by atoms with Crippen molar-refractivity contribution in [1.82, 2.24) is 5.32 Å². The number of carbonyl (C=O) groups is 1. The molecule has 0 aromatic rings. The summed E-state index contributed by atoms with van der Waals surface area (Å²) in [5.74, 6) is 0.875. The molecule has 0 fully saturated rings. The van der Waals surface area contributed by atoms with Crippen LogP contribution in [0.15, 0.2) is 5.16 Å². The Bertz CT molecular complexity index is 231. The number of thioether (sulfide) groups is 1. The Morgan fingerprint density at radius 1 is 1.79 bits per heavy atom. The van der Waals surface area contributed by atoms with Crippen LogP contribution in [0.2, 0.25) is 0 Å². The normalized spacial score (nSPS) is 20.1. The topological polar surface area (TPSA) is 50.7 Å². The van der Waals surface area contributed by atoms with Gasteiger partial charge < -0.3 is 10.2 Å². The van der Waals surface area contributed by atoms with Gasteiger partial charge in [-0.25, -0.2) is 0 Å². The Morgan fingerprint density at radius 3 is 3.14 bits per heavy atom. The van der Waals surface area contributed by atoms with Crippen molar-refractivity contribution in [2.75, 3.05) is 12.3 Å². The second kappa shape index (κ2) is 5.90. The highest BCUT2D eigenvalue weighted by atomic mass is 32.2. The number of amides is 1. The molecule has 80 valence electrons. The van der Waals surface area contributed by atoms with Gasteiger partial charge in [0.15, 0.2) is 0 Å². The van der Waals surface area contributed by atoms with Gasteiger partial charge in [0.1, 0.15) is 11.1 Å². The fraction of sp³-hybridized carbons (Fsp3) is 0.778. The Hall–Kier alpha value is -0.710. The summed E-state index contributed by atoms with van der Waals surface area (Å²) in [6.45, 7) is 4.30. The van der Waals surface area contributed by atoms with Crippen molar-refractivity contribution in [3.05, 3.63) is 0 Å². The number of hydrogen-bond donors (Lipinski definition) is 1. The van der Waals surface area contributed by atoms with Crippen molar-refractivity contribution in [2.24, 2.45) is 5.16 Å². The molecule has 0 spiro atoms. The molecule has 5 heteroatoms. The molecule has 0 aromatic carbocycles. The van der Waals surface area contributed by atoms with Gasteiger partial charge in [-0.3, -0.25) is 4.79 Å². The second-order valence-electron chi connectivity index (χ2n) is 3.16. The maximum absolute atomic E-state index is 10.6. The van der Waals surface area contributed by atoms with Gasteiger partial charge in [0.05, 0.1) is 0 Å². The van der Waals surface area contributed by atoms with Crippen LogP contribution in [0.4, 0.5) is 0 Å². The summed E-state index contributed by atoms with van der Waals surface area (Å²) in [5.41, 5.74) is 0. The van der Waals surface area contributed by atoms with Crippen LogP contribution in [-0.2, 0) is 9.63 Å². The van der Waals surface area contributed by atoms with Gasteiger partial charge in [-0.1, -0.05) is 12.1 Å². The third-order valence-electron chi connectivity index (χ3n) is 1.91. The molecule has 14 heavy (non-hydrogen) atoms. The molecule has 1 unspecified atom stereocenters. The zero-order valence-electron chi connectivity index (χ0n) is 8.58. The summed E-state index contributed by atoms with van der Waals surface area (Å²) in [7, 11) is 0. The first-order valence-corrected chi connectivity index (χ1v) is 5.81. The van der Waals surface area contributed by atoms with Crippen LogP contribution in [0.1, 0.15) is 26.7 Å². The summed E-state index contributed by atoms with van der Waals surface area (Å²) in [4.78, 5) is 15.7. The third kappa shape index (κ3) is 4.00. The Kier molecular flexibility index (Phi) is 4.79. The van der Waals surface area contributed by atoms with E-state index in [4.69, 9.17) is 4.84 Å². The zero-order chi connectivity index (χ0) is 10.4. The van der Waals surface area contributed by atoms with Crippen LogP contribution in [0.3, 0.4) is 0 Å². The highest BCUT2D eigenvalue weighted by Gasteiger charge is 2.18. The molecule has 1 aliphatic heterocycles. The van der Waals surface area contributed by atoms with Crippen molar-refractivity contribution in [1.29, 1.82) is 0 Å². The number of nitrogens with zero attached hydrogens (tertiary/aromatic N) is 1. The molecule has 0 bridgehead atoms. The van der Waals surface area contributed by atoms with Gasteiger partial charge in [-0.15, -0.1) is 11.8 Å². The second-order valence-corrected chi connectivity index (χ2v) is 4.32. The van der Waals surface area contributed by atoms with Crippen molar-refractivity contribution in [3.8, 4) is 0 Å². The van der Waals surface area contributed by atoms with Gasteiger partial charge in [0.25, 0.3) is 0 Å². The standard InChI is InChI=1S/C9H16N2O2S/c1-3-8-6-9(11-13-8)14-5-4-10-7(2)12/h8H,3-6H2,1-2H3,(H,10,12). The third-order valence-corrected chi connectivity index (χ3v) is 2.89. The van der Waals surface area contributed by atoms with Crippen LogP contribution >= 0.6 is 11.8 Å². The van der Waals surface area contributed by atoms with Crippen LogP contribution in [0.5, 0.6) is 0 Å². The minimum atomic E-state index is 0.0154. The van der Waals surface area contributed by atoms with E-state index >= 15 is 0 Å². The van der Waals surface area contributed by atoms with Crippen LogP contribution in [-0.4, -0.2) is 29.4 Å². The first-order chi connectivity index (χ1) is 6.72. The zero-order valence-corrected chi connectivity index (χ0v) is 9.39. The molecule has 0 aromatic heterocycles. The van der Waals surface area contributed by atoms with Crippen LogP contribution in [0, 0.1) is 0 Å². The maximum Gasteiger partial charge on any atom is 0.216 e. The molecule has 4 nitrogen and oxygen atoms in total. The molecule has 0 radical (unpaired) electrons. The van der Waals surface area contributed by atoms with Gasteiger partial charge in [-0.05, 0) is 6.42 Å². The van der Waals surface area contributed by atoms with Crippen molar-refractivity contribution < 1.29 is 9.63 Å². The minimum absolute atomic E-state index is 0.0154. The fourth-order valence-corrected chi connectivity index (χ4v) is 1.94. The van der Waals surface area contributed by atoms with E-state index in [1.165, 1.54) is 6.92 Å². The molecule has 0 saturated heterocycles. The van der Waals surface area contributed by atoms with E-state index in [0.29, 0.717) is 6.54 Å². The molecular formula is C9H16N2O2S. The highest BCUT2D eigenvalue weighted by molar-refractivity contribution is 8.13. The minimum Gasteiger partial charge on any atom is -0.391 e. The van der Waals surface area contributed by atoms with E-state index < -0.39 is 0 Å². The summed E-state index contributed by atoms with van der Waals surface area (Å²) < 4.78 is 0. The lowest BCUT2D eigenvalue weighted by molar-refractivity contribution is -0.118. The van der Waals surface area contributed by atoms with Gasteiger partial charge in [0.2, 0.25) is 5.91 Å². The summed E-state index contributed by atoms with van der Waals surface area (Å²) in [6.07, 6.45) is 2.18. The summed E-state index contributed by atoms with van der Waals surface area (Å²) >= 11 is 1.66. The number of hydrogen-bond acceptors (Lipinski definition) is 4. The quantitative estimate of drug-likeness (QED) is 0.722. The van der Waals surface area contributed by atoms with Crippen LogP contribution in [0.25, 0.3) is 0 Å². The summed E-state index contributed by atoms with van der Waals surface area (Å²) in [5, 5.41) is 7.75. The van der Waals surface area contributed by atoms with E-state index in [1.54, 1.807) is 11.8 Å². The lowest BCUT2D eigenvalue weighted by atomic mass is 10.2. The van der Waals surface area contributed by atoms with Gasteiger partial charge >= 0.3 is 0 Å². The number of oxime groups is 1. The average molecular weight is 216 g/mol. The smallest absolute Gasteiger partial charge is 0.216 e. The van der Waals surface area contributed by atoms with Crippen molar-refractivity contribution in [2.45, 2.75) is 32.8 Å². The number of carbonyl (C=O) groups excluding carboxylic acids is 1. The van der Waals surface area contributed by atoms with E-state index in [9.17, 15) is 4.79 Å². The maximum atomic E-state index is 10.6. The fourth-order valence-electron chi connectivity index (χ4n) is 1.10. The highest BCUT2D eigenvalue weighted by Crippen LogP contribution is 2.20. The number of rotatable bonds is 4.